The standard InChI is InChI=1S/C17H30F3N3O.2ClH/c1-16(21)8-3-2-4-14(16)15(24)22-9-5-13-6-10-23(11-7-13)12-17(18,19)20;;/h13-14H,2-12,21H2,1H3,(H,22,24);2*1H. The summed E-state index contributed by atoms with van der Waals surface area (Å²) in [5, 5.41) is 2.99. The summed E-state index contributed by atoms with van der Waals surface area (Å²) in [7, 11) is 0. The van der Waals surface area contributed by atoms with E-state index in [1.165, 1.54) is 4.90 Å². The van der Waals surface area contributed by atoms with Gasteiger partial charge in [0.05, 0.1) is 12.5 Å². The Morgan fingerprint density at radius 3 is 2.35 bits per heavy atom. The minimum Gasteiger partial charge on any atom is -0.356 e. The Bertz CT molecular complexity index is 428. The number of nitrogens with one attached hydrogen (secondary N) is 1. The number of carbonyl (C=O) groups is 1. The quantitative estimate of drug-likeness (QED) is 0.713. The van der Waals surface area contributed by atoms with E-state index in [0.717, 1.165) is 44.9 Å². The maximum absolute atomic E-state index is 12.4. The van der Waals surface area contributed by atoms with Gasteiger partial charge >= 0.3 is 6.18 Å². The normalized spacial score (nSPS) is 28.0. The molecule has 0 aromatic rings. The van der Waals surface area contributed by atoms with Crippen LogP contribution in [0.3, 0.4) is 0 Å². The molecule has 0 aromatic carbocycles. The van der Waals surface area contributed by atoms with Crippen LogP contribution in [0.25, 0.3) is 0 Å². The maximum atomic E-state index is 12.4. The summed E-state index contributed by atoms with van der Waals surface area (Å²) in [6, 6.07) is 0. The highest BCUT2D eigenvalue weighted by atomic mass is 35.5. The van der Waals surface area contributed by atoms with Crippen molar-refractivity contribution in [3.63, 3.8) is 0 Å². The third kappa shape index (κ3) is 8.19. The molecule has 0 spiro atoms. The molecule has 2 fully saturated rings. The molecule has 3 N–H and O–H groups in total. The van der Waals surface area contributed by atoms with Gasteiger partial charge in [0.2, 0.25) is 5.91 Å². The van der Waals surface area contributed by atoms with Crippen molar-refractivity contribution in [2.45, 2.75) is 63.6 Å². The summed E-state index contributed by atoms with van der Waals surface area (Å²) >= 11 is 0. The fraction of sp³-hybridized carbons (Fsp3) is 0.941. The molecule has 2 rings (SSSR count). The zero-order valence-electron chi connectivity index (χ0n) is 15.3. The fourth-order valence-electron chi connectivity index (χ4n) is 4.00. The van der Waals surface area contributed by atoms with Crippen LogP contribution in [-0.4, -0.2) is 48.7 Å². The summed E-state index contributed by atoms with van der Waals surface area (Å²) in [5.41, 5.74) is 5.82. The first-order valence-corrected chi connectivity index (χ1v) is 9.03. The third-order valence-electron chi connectivity index (χ3n) is 5.53. The summed E-state index contributed by atoms with van der Waals surface area (Å²) < 4.78 is 37.1. The molecule has 1 heterocycles. The molecule has 4 nitrogen and oxygen atoms in total. The second-order valence-electron chi connectivity index (χ2n) is 7.72. The maximum Gasteiger partial charge on any atom is 0.401 e. The van der Waals surface area contributed by atoms with Gasteiger partial charge in [-0.1, -0.05) is 12.8 Å². The number of hydrogen-bond donors (Lipinski definition) is 2. The highest BCUT2D eigenvalue weighted by molar-refractivity contribution is 5.85. The van der Waals surface area contributed by atoms with E-state index in [2.05, 4.69) is 5.32 Å². The minimum absolute atomic E-state index is 0. The smallest absolute Gasteiger partial charge is 0.356 e. The van der Waals surface area contributed by atoms with Crippen molar-refractivity contribution in [1.29, 1.82) is 0 Å². The molecule has 0 radical (unpaired) electrons. The highest BCUT2D eigenvalue weighted by Crippen LogP contribution is 2.31. The lowest BCUT2D eigenvalue weighted by Crippen LogP contribution is -2.53. The van der Waals surface area contributed by atoms with E-state index in [9.17, 15) is 18.0 Å². The number of rotatable bonds is 5. The van der Waals surface area contributed by atoms with Crippen LogP contribution in [0.4, 0.5) is 13.2 Å². The van der Waals surface area contributed by atoms with E-state index in [0.29, 0.717) is 25.6 Å². The SMILES string of the molecule is CC1(N)CCCCC1C(=O)NCCC1CCN(CC(F)(F)F)CC1.Cl.Cl. The van der Waals surface area contributed by atoms with Gasteiger partial charge in [-0.2, -0.15) is 13.2 Å². The van der Waals surface area contributed by atoms with Gasteiger partial charge < -0.3 is 11.1 Å². The van der Waals surface area contributed by atoms with Gasteiger partial charge in [-0.05, 0) is 58.0 Å². The van der Waals surface area contributed by atoms with Gasteiger partial charge in [0.1, 0.15) is 0 Å². The van der Waals surface area contributed by atoms with Gasteiger partial charge in [-0.15, -0.1) is 24.8 Å². The van der Waals surface area contributed by atoms with Crippen molar-refractivity contribution in [3.05, 3.63) is 0 Å². The van der Waals surface area contributed by atoms with Crippen LogP contribution in [0, 0.1) is 11.8 Å². The molecule has 2 aliphatic rings. The Morgan fingerprint density at radius 1 is 1.19 bits per heavy atom. The van der Waals surface area contributed by atoms with Gasteiger partial charge in [0.25, 0.3) is 0 Å². The molecule has 1 aliphatic heterocycles. The lowest BCUT2D eigenvalue weighted by Gasteiger charge is -2.37. The van der Waals surface area contributed by atoms with E-state index >= 15 is 0 Å². The second-order valence-corrected chi connectivity index (χ2v) is 7.72. The Kier molecular flexibility index (Phi) is 10.8. The first kappa shape index (κ1) is 25.8. The van der Waals surface area contributed by atoms with Crippen LogP contribution in [0.1, 0.15) is 51.9 Å². The van der Waals surface area contributed by atoms with Crippen LogP contribution >= 0.6 is 24.8 Å². The number of halogens is 5. The molecular weight excluding hydrogens is 390 g/mol. The topological polar surface area (TPSA) is 58.4 Å². The second kappa shape index (κ2) is 10.9. The van der Waals surface area contributed by atoms with Crippen LogP contribution in [0.2, 0.25) is 0 Å². The minimum atomic E-state index is -4.12. The number of piperidine rings is 1. The van der Waals surface area contributed by atoms with E-state index in [1.807, 2.05) is 6.92 Å². The summed E-state index contributed by atoms with van der Waals surface area (Å²) in [6.07, 6.45) is 2.09. The number of likely N-dealkylation sites (tertiary alicyclic amines) is 1. The average Bonchev–Trinajstić information content (AvgIpc) is 2.47. The lowest BCUT2D eigenvalue weighted by atomic mass is 9.74. The molecule has 1 saturated heterocycles. The number of hydrogen-bond acceptors (Lipinski definition) is 3. The Hall–Kier alpha value is -0.240. The molecule has 1 saturated carbocycles. The van der Waals surface area contributed by atoms with Crippen LogP contribution in [0.5, 0.6) is 0 Å². The number of nitrogens with two attached hydrogens (primary N) is 1. The van der Waals surface area contributed by atoms with Gasteiger partial charge in [-0.25, -0.2) is 0 Å². The number of alkyl halides is 3. The van der Waals surface area contributed by atoms with Crippen molar-refractivity contribution >= 4 is 30.7 Å². The Labute approximate surface area is 166 Å². The van der Waals surface area contributed by atoms with Crippen molar-refractivity contribution < 1.29 is 18.0 Å². The van der Waals surface area contributed by atoms with Crippen molar-refractivity contribution in [3.8, 4) is 0 Å². The molecule has 1 aliphatic carbocycles. The first-order valence-electron chi connectivity index (χ1n) is 9.03. The van der Waals surface area contributed by atoms with Crippen molar-refractivity contribution in [2.75, 3.05) is 26.2 Å². The predicted octanol–water partition coefficient (Wildman–Crippen LogP) is 3.52. The van der Waals surface area contributed by atoms with E-state index in [-0.39, 0.29) is 36.6 Å². The molecule has 1 amide bonds. The number of nitrogens with zero attached hydrogens (tertiary/aromatic N) is 1. The van der Waals surface area contributed by atoms with Crippen LogP contribution < -0.4 is 11.1 Å². The Balaban J connectivity index is 0.00000312. The molecule has 26 heavy (non-hydrogen) atoms. The molecule has 0 aromatic heterocycles. The summed E-state index contributed by atoms with van der Waals surface area (Å²) in [5.74, 6) is 0.305. The van der Waals surface area contributed by atoms with E-state index in [1.54, 1.807) is 0 Å². The average molecular weight is 422 g/mol. The van der Waals surface area contributed by atoms with Gasteiger partial charge in [-0.3, -0.25) is 9.69 Å². The van der Waals surface area contributed by atoms with Crippen LogP contribution in [0.15, 0.2) is 0 Å². The van der Waals surface area contributed by atoms with Crippen molar-refractivity contribution in [1.82, 2.24) is 10.2 Å². The highest BCUT2D eigenvalue weighted by Gasteiger charge is 2.37. The van der Waals surface area contributed by atoms with Crippen molar-refractivity contribution in [2.24, 2.45) is 17.6 Å². The molecule has 2 atom stereocenters. The van der Waals surface area contributed by atoms with Gasteiger partial charge in [0.15, 0.2) is 0 Å². The number of amides is 1. The lowest BCUT2D eigenvalue weighted by molar-refractivity contribution is -0.148. The fourth-order valence-corrected chi connectivity index (χ4v) is 4.00. The largest absolute Gasteiger partial charge is 0.401 e. The van der Waals surface area contributed by atoms with Crippen LogP contribution in [-0.2, 0) is 4.79 Å². The molecule has 2 unspecified atom stereocenters. The monoisotopic (exact) mass is 421 g/mol. The molecule has 156 valence electrons. The molecule has 9 heteroatoms. The zero-order valence-corrected chi connectivity index (χ0v) is 16.9. The molecule has 0 bridgehead atoms. The van der Waals surface area contributed by atoms with E-state index < -0.39 is 18.3 Å². The third-order valence-corrected chi connectivity index (χ3v) is 5.53. The van der Waals surface area contributed by atoms with Gasteiger partial charge in [0, 0.05) is 12.1 Å². The zero-order chi connectivity index (χ0) is 17.8. The van der Waals surface area contributed by atoms with E-state index in [4.69, 9.17) is 5.73 Å². The summed E-state index contributed by atoms with van der Waals surface area (Å²) in [6.45, 7) is 2.71. The number of carbonyl (C=O) groups excluding carboxylic acids is 1. The Morgan fingerprint density at radius 2 is 1.81 bits per heavy atom. The summed E-state index contributed by atoms with van der Waals surface area (Å²) in [4.78, 5) is 13.8. The first-order chi connectivity index (χ1) is 11.2. The molecular formula is C17H32Cl2F3N3O. The predicted molar refractivity (Wildman–Crippen MR) is 102 cm³/mol.